The van der Waals surface area contributed by atoms with E-state index in [-0.39, 0.29) is 0 Å². The molecule has 0 saturated heterocycles. The number of carbonyl (C=O) groups is 12. The van der Waals surface area contributed by atoms with Crippen molar-refractivity contribution in [3.05, 3.63) is 0 Å². The van der Waals surface area contributed by atoms with Crippen LogP contribution in [0.2, 0.25) is 0 Å². The Kier molecular flexibility index (Phi) is 11.6. The highest BCUT2D eigenvalue weighted by Crippen LogP contribution is 2.31. The summed E-state index contributed by atoms with van der Waals surface area (Å²) in [6, 6.07) is -0.731. The second kappa shape index (κ2) is 12.7. The van der Waals surface area contributed by atoms with E-state index in [0.717, 1.165) is 0 Å². The number of imide groups is 1. The maximum Gasteiger partial charge on any atom is 0.395 e. The largest absolute Gasteiger partial charge is 0.480 e. The maximum absolute atomic E-state index is 12.2. The van der Waals surface area contributed by atoms with Gasteiger partial charge in [0.1, 0.15) is 12.0 Å². The zero-order chi connectivity index (χ0) is 30.2. The van der Waals surface area contributed by atoms with Gasteiger partial charge in [0.2, 0.25) is 5.54 Å². The van der Waals surface area contributed by atoms with Crippen LogP contribution in [0.25, 0.3) is 0 Å². The molecule has 0 saturated carbocycles. The van der Waals surface area contributed by atoms with Gasteiger partial charge in [-0.05, 0) is 6.92 Å². The van der Waals surface area contributed by atoms with Gasteiger partial charge in [-0.1, -0.05) is 0 Å². The van der Waals surface area contributed by atoms with E-state index in [2.05, 4.69) is 0 Å². The van der Waals surface area contributed by atoms with Crippen molar-refractivity contribution in [1.82, 2.24) is 4.90 Å². The highest BCUT2D eigenvalue weighted by atomic mass is 16.4. The lowest BCUT2D eigenvalue weighted by Gasteiger charge is -2.37. The monoisotopic (exact) mass is 538 g/mol. The summed E-state index contributed by atoms with van der Waals surface area (Å²) in [5, 5.41) is 61.1. The fourth-order valence-electron chi connectivity index (χ4n) is 2.19. The number of carboxylic acids is 7. The van der Waals surface area contributed by atoms with Crippen molar-refractivity contribution in [2.45, 2.75) is 18.5 Å². The molecule has 2 atom stereocenters. The molecule has 21 heteroatoms. The number of rotatable bonds is 10. The lowest BCUT2D eigenvalue weighted by atomic mass is 9.73. The SMILES string of the molecule is C[C@H](N)C(=O)O.O=C(O)C(=O)C(C(=O)C(=O)O)[C@](C(=O)O)(C(=O)C(=O)O)N(C(=O)C(=O)O)C(=O)C(=O)O. The molecule has 21 nitrogen and oxygen atoms in total. The van der Waals surface area contributed by atoms with Crippen LogP contribution in [0.5, 0.6) is 0 Å². The molecule has 0 radical (unpaired) electrons. The molecule has 0 heterocycles. The highest BCUT2D eigenvalue weighted by Gasteiger charge is 2.70. The fourth-order valence-corrected chi connectivity index (χ4v) is 2.19. The summed E-state index contributed by atoms with van der Waals surface area (Å²) in [5.74, 6) is -38.2. The van der Waals surface area contributed by atoms with E-state index in [0.29, 0.717) is 0 Å². The van der Waals surface area contributed by atoms with Crippen LogP contribution >= 0.6 is 0 Å². The van der Waals surface area contributed by atoms with Crippen molar-refractivity contribution in [2.75, 3.05) is 0 Å². The highest BCUT2D eigenvalue weighted by molar-refractivity contribution is 6.55. The molecule has 0 bridgehead atoms. The van der Waals surface area contributed by atoms with E-state index in [9.17, 15) is 62.6 Å². The summed E-state index contributed by atoms with van der Waals surface area (Å²) in [5.41, 5.74) is -0.246. The maximum atomic E-state index is 12.2. The molecule has 0 unspecified atom stereocenters. The number of Topliss-reactive ketones (excluding diaryl/α,β-unsaturated/α-hetero) is 3. The average molecular weight is 538 g/mol. The van der Waals surface area contributed by atoms with Gasteiger partial charge in [-0.2, -0.15) is 0 Å². The van der Waals surface area contributed by atoms with E-state index in [4.69, 9.17) is 36.4 Å². The Bertz CT molecular complexity index is 1010. The summed E-state index contributed by atoms with van der Waals surface area (Å²) in [6.07, 6.45) is 0. The molecule has 202 valence electrons. The predicted octanol–water partition coefficient (Wildman–Crippen LogP) is -5.67. The van der Waals surface area contributed by atoms with Gasteiger partial charge in [-0.25, -0.2) is 33.7 Å². The lowest BCUT2D eigenvalue weighted by molar-refractivity contribution is -0.186. The Labute approximate surface area is 200 Å². The first kappa shape index (κ1) is 33.6. The summed E-state index contributed by atoms with van der Waals surface area (Å²) in [4.78, 5) is 135. The first-order valence-electron chi connectivity index (χ1n) is 8.50. The molecule has 9 N–H and O–H groups in total. The minimum absolute atomic E-state index is 0.731. The molecule has 0 aliphatic carbocycles. The van der Waals surface area contributed by atoms with Crippen molar-refractivity contribution in [1.29, 1.82) is 0 Å². The Hall–Kier alpha value is -5.60. The Balaban J connectivity index is 0. The number of nitrogens with zero attached hydrogens (tertiary/aromatic N) is 1. The van der Waals surface area contributed by atoms with E-state index in [1.807, 2.05) is 0 Å². The van der Waals surface area contributed by atoms with Gasteiger partial charge < -0.3 is 41.5 Å². The first-order chi connectivity index (χ1) is 16.6. The molecule has 0 rings (SSSR count). The molecule has 0 aromatic heterocycles. The quantitative estimate of drug-likeness (QED) is 0.0948. The van der Waals surface area contributed by atoms with Crippen molar-refractivity contribution in [3.63, 3.8) is 0 Å². The van der Waals surface area contributed by atoms with Crippen LogP contribution in [0.1, 0.15) is 6.92 Å². The first-order valence-corrected chi connectivity index (χ1v) is 8.50. The van der Waals surface area contributed by atoms with Crippen LogP contribution in [0.15, 0.2) is 0 Å². The second-order valence-electron chi connectivity index (χ2n) is 6.16. The lowest BCUT2D eigenvalue weighted by Crippen LogP contribution is -2.74. The molecule has 0 aromatic rings. The van der Waals surface area contributed by atoms with Gasteiger partial charge in [0.25, 0.3) is 17.3 Å². The summed E-state index contributed by atoms with van der Waals surface area (Å²) < 4.78 is 0. The zero-order valence-electron chi connectivity index (χ0n) is 17.7. The number of ketones is 3. The van der Waals surface area contributed by atoms with E-state index in [1.165, 1.54) is 6.92 Å². The van der Waals surface area contributed by atoms with Crippen LogP contribution in [-0.4, -0.2) is 123 Å². The summed E-state index contributed by atoms with van der Waals surface area (Å²) >= 11 is 0. The van der Waals surface area contributed by atoms with Crippen LogP contribution < -0.4 is 5.73 Å². The number of hydrogen-bond donors (Lipinski definition) is 8. The van der Waals surface area contributed by atoms with Crippen molar-refractivity contribution < 1.29 is 93.3 Å². The normalized spacial score (nSPS) is 12.3. The van der Waals surface area contributed by atoms with Gasteiger partial charge in [-0.3, -0.25) is 28.8 Å². The molecule has 0 fully saturated rings. The fraction of sp³-hybridized carbons (Fsp3) is 0.250. The van der Waals surface area contributed by atoms with Gasteiger partial charge in [0.05, 0.1) is 0 Å². The topological polar surface area (TPSA) is 376 Å². The van der Waals surface area contributed by atoms with Crippen LogP contribution in [0, 0.1) is 5.92 Å². The molecule has 0 aromatic carbocycles. The van der Waals surface area contributed by atoms with Crippen molar-refractivity contribution >= 4 is 70.9 Å². The number of carboxylic acid groups (broad SMARTS) is 7. The predicted molar refractivity (Wildman–Crippen MR) is 100 cm³/mol. The van der Waals surface area contributed by atoms with Crippen molar-refractivity contribution in [3.8, 4) is 0 Å². The number of aliphatic carboxylic acids is 7. The third-order valence-electron chi connectivity index (χ3n) is 3.74. The summed E-state index contributed by atoms with van der Waals surface area (Å²) in [6.45, 7) is 1.42. The Morgan fingerprint density at radius 1 is 0.595 bits per heavy atom. The second-order valence-corrected chi connectivity index (χ2v) is 6.16. The zero-order valence-corrected chi connectivity index (χ0v) is 17.7. The molecule has 2 amide bonds. The van der Waals surface area contributed by atoms with E-state index < -0.39 is 93.3 Å². The minimum Gasteiger partial charge on any atom is -0.480 e. The van der Waals surface area contributed by atoms with E-state index >= 15 is 0 Å². The number of carbonyl (C=O) groups excluding carboxylic acids is 5. The molecule has 37 heavy (non-hydrogen) atoms. The van der Waals surface area contributed by atoms with Crippen LogP contribution in [-0.2, 0) is 57.5 Å². The molecule has 0 spiro atoms. The van der Waals surface area contributed by atoms with E-state index in [1.54, 1.807) is 0 Å². The standard InChI is InChI=1S/C13H7NO17.C3H7NO2/c15-2(7(20)21)1(3(16)8(22)23)13(12(30)31,4(17)9(24)25)14(5(18)10(26)27)6(19)11(28)29;1-2(4)3(5)6/h1H,(H,20,21)(H,22,23)(H,24,25)(H,26,27)(H,28,29)(H,30,31);2H,4H2,1H3,(H,5,6)/t13-;2-/m10/s1. The summed E-state index contributed by atoms with van der Waals surface area (Å²) in [7, 11) is 0. The molecule has 0 aliphatic rings. The smallest absolute Gasteiger partial charge is 0.395 e. The van der Waals surface area contributed by atoms with Gasteiger partial charge in [0.15, 0.2) is 0 Å². The Morgan fingerprint density at radius 2 is 0.892 bits per heavy atom. The van der Waals surface area contributed by atoms with Gasteiger partial charge >= 0.3 is 53.6 Å². The van der Waals surface area contributed by atoms with Crippen LogP contribution in [0.3, 0.4) is 0 Å². The van der Waals surface area contributed by atoms with Gasteiger partial charge in [0, 0.05) is 0 Å². The number of hydrogen-bond acceptors (Lipinski definition) is 13. The number of nitrogens with two attached hydrogens (primary N) is 1. The average Bonchev–Trinajstić information content (AvgIpc) is 2.76. The Morgan fingerprint density at radius 3 is 1.05 bits per heavy atom. The molecular formula is C16H14N2O19. The number of amides is 2. The third kappa shape index (κ3) is 7.19. The van der Waals surface area contributed by atoms with Crippen molar-refractivity contribution in [2.24, 2.45) is 11.7 Å². The van der Waals surface area contributed by atoms with Crippen LogP contribution in [0.4, 0.5) is 0 Å². The molecule has 0 aliphatic heterocycles. The van der Waals surface area contributed by atoms with Gasteiger partial charge in [-0.15, -0.1) is 0 Å². The minimum atomic E-state index is -5.08. The molecular weight excluding hydrogens is 524 g/mol. The third-order valence-corrected chi connectivity index (χ3v) is 3.74.